The lowest BCUT2D eigenvalue weighted by Gasteiger charge is -2.38. The van der Waals surface area contributed by atoms with E-state index in [-0.39, 0.29) is 13.1 Å². The SMILES string of the molecule is C[C@H]1CN(CCF)C(=O)C(=O)N1C(O)Cl. The van der Waals surface area contributed by atoms with Crippen molar-refractivity contribution in [2.75, 3.05) is 19.8 Å². The minimum absolute atomic E-state index is 0.110. The highest BCUT2D eigenvalue weighted by Crippen LogP contribution is 2.15. The number of alkyl halides is 2. The van der Waals surface area contributed by atoms with Crippen molar-refractivity contribution in [1.82, 2.24) is 9.80 Å². The number of rotatable bonds is 3. The van der Waals surface area contributed by atoms with Crippen LogP contribution in [0.4, 0.5) is 4.39 Å². The zero-order valence-electron chi connectivity index (χ0n) is 8.19. The number of carbonyl (C=O) groups excluding carboxylic acids is 2. The second-order valence-corrected chi connectivity index (χ2v) is 3.70. The summed E-state index contributed by atoms with van der Waals surface area (Å²) >= 11 is 5.35. The molecule has 1 aliphatic rings. The minimum atomic E-state index is -1.52. The van der Waals surface area contributed by atoms with E-state index < -0.39 is 30.2 Å². The van der Waals surface area contributed by atoms with Crippen molar-refractivity contribution in [2.24, 2.45) is 0 Å². The Morgan fingerprint density at radius 2 is 2.20 bits per heavy atom. The van der Waals surface area contributed by atoms with E-state index in [1.54, 1.807) is 6.92 Å². The van der Waals surface area contributed by atoms with Crippen LogP contribution < -0.4 is 0 Å². The summed E-state index contributed by atoms with van der Waals surface area (Å²) in [6, 6.07) is -0.422. The van der Waals surface area contributed by atoms with Crippen LogP contribution >= 0.6 is 11.6 Å². The quantitative estimate of drug-likeness (QED) is 0.411. The van der Waals surface area contributed by atoms with Crippen LogP contribution in [-0.4, -0.2) is 58.2 Å². The number of aliphatic hydroxyl groups excluding tert-OH is 1. The zero-order valence-corrected chi connectivity index (χ0v) is 8.95. The van der Waals surface area contributed by atoms with Crippen molar-refractivity contribution >= 4 is 23.4 Å². The van der Waals surface area contributed by atoms with Crippen LogP contribution in [0.5, 0.6) is 0 Å². The number of hydrogen-bond acceptors (Lipinski definition) is 3. The van der Waals surface area contributed by atoms with Gasteiger partial charge in [0, 0.05) is 13.1 Å². The summed E-state index contributed by atoms with van der Waals surface area (Å²) in [5.41, 5.74) is -1.52. The van der Waals surface area contributed by atoms with Gasteiger partial charge in [0.1, 0.15) is 6.67 Å². The van der Waals surface area contributed by atoms with Crippen LogP contribution in [0.25, 0.3) is 0 Å². The topological polar surface area (TPSA) is 60.9 Å². The van der Waals surface area contributed by atoms with E-state index in [1.165, 1.54) is 0 Å². The predicted octanol–water partition coefficient (Wildman–Crippen LogP) is -0.470. The molecule has 15 heavy (non-hydrogen) atoms. The molecule has 0 aromatic heterocycles. The first-order chi connectivity index (χ1) is 6.99. The van der Waals surface area contributed by atoms with Crippen molar-refractivity contribution in [3.05, 3.63) is 0 Å². The van der Waals surface area contributed by atoms with Crippen molar-refractivity contribution in [2.45, 2.75) is 18.7 Å². The number of piperazine rings is 1. The molecule has 0 radical (unpaired) electrons. The molecule has 5 nitrogen and oxygen atoms in total. The second-order valence-electron chi connectivity index (χ2n) is 3.31. The number of nitrogens with zero attached hydrogens (tertiary/aromatic N) is 2. The van der Waals surface area contributed by atoms with Crippen LogP contribution in [0, 0.1) is 0 Å². The first kappa shape index (κ1) is 12.2. The Labute approximate surface area is 91.4 Å². The molecule has 1 N–H and O–H groups in total. The molecule has 1 heterocycles. The van der Waals surface area contributed by atoms with Crippen LogP contribution in [-0.2, 0) is 9.59 Å². The summed E-state index contributed by atoms with van der Waals surface area (Å²) in [5.74, 6) is -1.73. The summed E-state index contributed by atoms with van der Waals surface area (Å²) in [6.07, 6.45) is 0. The maximum atomic E-state index is 12.1. The van der Waals surface area contributed by atoms with Crippen molar-refractivity contribution < 1.29 is 19.1 Å². The van der Waals surface area contributed by atoms with Gasteiger partial charge < -0.3 is 10.0 Å². The Bertz CT molecular complexity index is 275. The van der Waals surface area contributed by atoms with E-state index in [0.29, 0.717) is 0 Å². The monoisotopic (exact) mass is 238 g/mol. The maximum absolute atomic E-state index is 12.1. The molecule has 2 atom stereocenters. The minimum Gasteiger partial charge on any atom is -0.361 e. The lowest BCUT2D eigenvalue weighted by molar-refractivity contribution is -0.163. The molecule has 0 saturated carbocycles. The Morgan fingerprint density at radius 3 is 2.67 bits per heavy atom. The van der Waals surface area contributed by atoms with E-state index in [0.717, 1.165) is 9.80 Å². The standard InChI is InChI=1S/C8H12ClFN2O3/c1-5-4-11(3-2-10)6(13)7(14)12(5)8(9)15/h5,8,15H,2-4H2,1H3/t5-,8?/m0/s1. The molecule has 0 bridgehead atoms. The molecule has 0 aromatic carbocycles. The van der Waals surface area contributed by atoms with Gasteiger partial charge in [-0.3, -0.25) is 14.5 Å². The van der Waals surface area contributed by atoms with Crippen molar-refractivity contribution in [3.8, 4) is 0 Å². The van der Waals surface area contributed by atoms with Gasteiger partial charge in [-0.15, -0.1) is 0 Å². The fraction of sp³-hybridized carbons (Fsp3) is 0.750. The molecule has 1 unspecified atom stereocenters. The Kier molecular flexibility index (Phi) is 3.87. The molecule has 0 aliphatic carbocycles. The Morgan fingerprint density at radius 1 is 1.60 bits per heavy atom. The largest absolute Gasteiger partial charge is 0.361 e. The zero-order chi connectivity index (χ0) is 11.6. The molecular weight excluding hydrogens is 227 g/mol. The Balaban J connectivity index is 2.79. The van der Waals surface area contributed by atoms with Crippen LogP contribution in [0.1, 0.15) is 6.92 Å². The summed E-state index contributed by atoms with van der Waals surface area (Å²) in [5, 5.41) is 9.08. The summed E-state index contributed by atoms with van der Waals surface area (Å²) in [7, 11) is 0. The normalized spacial score (nSPS) is 24.7. The summed E-state index contributed by atoms with van der Waals surface area (Å²) < 4.78 is 12.1. The average Bonchev–Trinajstić information content (AvgIpc) is 2.13. The van der Waals surface area contributed by atoms with E-state index in [1.807, 2.05) is 0 Å². The van der Waals surface area contributed by atoms with Crippen molar-refractivity contribution in [1.29, 1.82) is 0 Å². The van der Waals surface area contributed by atoms with Gasteiger partial charge in [-0.1, -0.05) is 11.6 Å². The second kappa shape index (κ2) is 4.76. The molecule has 1 rings (SSSR count). The molecule has 1 saturated heterocycles. The number of amides is 2. The van der Waals surface area contributed by atoms with E-state index in [9.17, 15) is 14.0 Å². The first-order valence-electron chi connectivity index (χ1n) is 4.48. The van der Waals surface area contributed by atoms with Gasteiger partial charge in [-0.05, 0) is 6.92 Å². The van der Waals surface area contributed by atoms with Crippen molar-refractivity contribution in [3.63, 3.8) is 0 Å². The van der Waals surface area contributed by atoms with Crippen LogP contribution in [0.2, 0.25) is 0 Å². The third kappa shape index (κ3) is 2.38. The van der Waals surface area contributed by atoms with Gasteiger partial charge in [0.15, 0.2) is 0 Å². The average molecular weight is 239 g/mol. The van der Waals surface area contributed by atoms with Gasteiger partial charge in [-0.25, -0.2) is 4.39 Å². The van der Waals surface area contributed by atoms with Crippen LogP contribution in [0.15, 0.2) is 0 Å². The van der Waals surface area contributed by atoms with Gasteiger partial charge in [0.25, 0.3) is 0 Å². The molecule has 0 spiro atoms. The fourth-order valence-corrected chi connectivity index (χ4v) is 1.82. The number of aliphatic hydroxyl groups is 1. The van der Waals surface area contributed by atoms with Gasteiger partial charge in [0.2, 0.25) is 5.69 Å². The summed E-state index contributed by atoms with van der Waals surface area (Å²) in [6.45, 7) is 0.996. The summed E-state index contributed by atoms with van der Waals surface area (Å²) in [4.78, 5) is 24.8. The molecule has 86 valence electrons. The number of carbonyl (C=O) groups is 2. The molecule has 7 heteroatoms. The number of halogens is 2. The van der Waals surface area contributed by atoms with E-state index in [4.69, 9.17) is 16.7 Å². The highest BCUT2D eigenvalue weighted by atomic mass is 35.5. The van der Waals surface area contributed by atoms with Crippen LogP contribution in [0.3, 0.4) is 0 Å². The maximum Gasteiger partial charge on any atom is 0.315 e. The lowest BCUT2D eigenvalue weighted by Crippen LogP contribution is -2.60. The van der Waals surface area contributed by atoms with E-state index >= 15 is 0 Å². The van der Waals surface area contributed by atoms with Gasteiger partial charge in [0.05, 0.1) is 6.04 Å². The molecule has 2 amide bonds. The third-order valence-electron chi connectivity index (χ3n) is 2.25. The molecule has 0 aromatic rings. The molecular formula is C8H12ClFN2O3. The Hall–Kier alpha value is -0.880. The lowest BCUT2D eigenvalue weighted by atomic mass is 10.2. The first-order valence-corrected chi connectivity index (χ1v) is 4.92. The highest BCUT2D eigenvalue weighted by Gasteiger charge is 2.39. The predicted molar refractivity (Wildman–Crippen MR) is 50.7 cm³/mol. The van der Waals surface area contributed by atoms with Gasteiger partial charge in [-0.2, -0.15) is 0 Å². The smallest absolute Gasteiger partial charge is 0.315 e. The third-order valence-corrected chi connectivity index (χ3v) is 2.46. The highest BCUT2D eigenvalue weighted by molar-refractivity contribution is 6.36. The molecule has 1 aliphatic heterocycles. The fourth-order valence-electron chi connectivity index (χ4n) is 1.54. The van der Waals surface area contributed by atoms with Gasteiger partial charge >= 0.3 is 11.8 Å². The van der Waals surface area contributed by atoms with E-state index in [2.05, 4.69) is 0 Å². The number of hydrogen-bond donors (Lipinski definition) is 1. The molecule has 1 fully saturated rings.